The fraction of sp³-hybridized carbons (Fsp3) is 0.312. The normalized spacial score (nSPS) is 11.9. The number of fused-ring (bicyclic) bond motifs is 1. The topological polar surface area (TPSA) is 54.1 Å². The lowest BCUT2D eigenvalue weighted by molar-refractivity contribution is 0.0534. The van der Waals surface area contributed by atoms with E-state index in [4.69, 9.17) is 4.74 Å². The van der Waals surface area contributed by atoms with Gasteiger partial charge in [-0.25, -0.2) is 4.79 Å². The molecule has 0 bridgehead atoms. The van der Waals surface area contributed by atoms with E-state index in [2.05, 4.69) is 22.4 Å². The fourth-order valence-electron chi connectivity index (χ4n) is 1.82. The van der Waals surface area contributed by atoms with Crippen molar-refractivity contribution < 1.29 is 9.53 Å². The van der Waals surface area contributed by atoms with Gasteiger partial charge >= 0.3 is 6.09 Å². The third-order valence-corrected chi connectivity index (χ3v) is 2.65. The Balaban J connectivity index is 1.85. The second-order valence-corrected chi connectivity index (χ2v) is 5.61. The molecule has 2 rings (SSSR count). The zero-order chi connectivity index (χ0) is 14.6. The summed E-state index contributed by atoms with van der Waals surface area (Å²) in [6, 6.07) is 8.21. The molecule has 20 heavy (non-hydrogen) atoms. The summed E-state index contributed by atoms with van der Waals surface area (Å²) in [6.07, 6.45) is 5.38. The lowest BCUT2D eigenvalue weighted by atomic mass is 10.1. The molecule has 2 aromatic rings. The van der Waals surface area contributed by atoms with Crippen molar-refractivity contribution in [2.24, 2.45) is 0 Å². The Morgan fingerprint density at radius 1 is 1.35 bits per heavy atom. The van der Waals surface area contributed by atoms with Gasteiger partial charge in [0, 0.05) is 18.3 Å². The van der Waals surface area contributed by atoms with Crippen molar-refractivity contribution in [1.29, 1.82) is 0 Å². The van der Waals surface area contributed by atoms with Gasteiger partial charge in [-0.2, -0.15) is 0 Å². The number of rotatable bonds is 3. The molecule has 0 aliphatic rings. The fourth-order valence-corrected chi connectivity index (χ4v) is 1.82. The molecule has 0 saturated carbocycles. The Kier molecular flexibility index (Phi) is 4.13. The van der Waals surface area contributed by atoms with E-state index in [1.54, 1.807) is 0 Å². The van der Waals surface area contributed by atoms with Crippen molar-refractivity contribution in [2.45, 2.75) is 26.4 Å². The third kappa shape index (κ3) is 4.16. The first kappa shape index (κ1) is 14.2. The van der Waals surface area contributed by atoms with Crippen LogP contribution >= 0.6 is 0 Å². The molecule has 106 valence electrons. The molecule has 0 saturated heterocycles. The maximum atomic E-state index is 11.4. The highest BCUT2D eigenvalue weighted by Crippen LogP contribution is 2.14. The molecular formula is C16H20N2O2. The summed E-state index contributed by atoms with van der Waals surface area (Å²) in [6.45, 7) is 5.97. The monoisotopic (exact) mass is 272 g/mol. The summed E-state index contributed by atoms with van der Waals surface area (Å²) in [5, 5.41) is 3.87. The number of alkyl carbamates (subject to hydrolysis) is 1. The average Bonchev–Trinajstić information content (AvgIpc) is 2.79. The third-order valence-electron chi connectivity index (χ3n) is 2.65. The van der Waals surface area contributed by atoms with Crippen LogP contribution in [0.4, 0.5) is 4.79 Å². The molecule has 4 heteroatoms. The summed E-state index contributed by atoms with van der Waals surface area (Å²) in [5.41, 5.74) is 1.73. The molecule has 1 aromatic heterocycles. The minimum absolute atomic E-state index is 0.401. The first-order chi connectivity index (χ1) is 9.44. The van der Waals surface area contributed by atoms with Crippen LogP contribution in [0.5, 0.6) is 0 Å². The van der Waals surface area contributed by atoms with Gasteiger partial charge in [-0.3, -0.25) is 0 Å². The second kappa shape index (κ2) is 5.82. The van der Waals surface area contributed by atoms with Crippen molar-refractivity contribution in [3.05, 3.63) is 42.1 Å². The molecule has 4 nitrogen and oxygen atoms in total. The highest BCUT2D eigenvalue weighted by molar-refractivity contribution is 5.81. The number of amides is 1. The van der Waals surface area contributed by atoms with Crippen LogP contribution in [-0.2, 0) is 4.74 Å². The Morgan fingerprint density at radius 3 is 2.90 bits per heavy atom. The standard InChI is InChI=1S/C16H20N2O2/c1-16(2,3)20-15(19)18-9-4-5-12-6-7-13-8-10-17-14(13)11-12/h4-8,10-11,17H,9H2,1-3H3,(H,18,19). The molecule has 0 fully saturated rings. The van der Waals surface area contributed by atoms with Crippen molar-refractivity contribution in [3.63, 3.8) is 0 Å². The Labute approximate surface area is 118 Å². The maximum Gasteiger partial charge on any atom is 0.407 e. The molecule has 1 aromatic carbocycles. The zero-order valence-corrected chi connectivity index (χ0v) is 12.1. The quantitative estimate of drug-likeness (QED) is 0.895. The summed E-state index contributed by atoms with van der Waals surface area (Å²) < 4.78 is 5.15. The van der Waals surface area contributed by atoms with Gasteiger partial charge < -0.3 is 15.0 Å². The highest BCUT2D eigenvalue weighted by Gasteiger charge is 2.14. The molecule has 0 spiro atoms. The van der Waals surface area contributed by atoms with Crippen LogP contribution in [-0.4, -0.2) is 23.2 Å². The van der Waals surface area contributed by atoms with Crippen LogP contribution in [0, 0.1) is 0 Å². The highest BCUT2D eigenvalue weighted by atomic mass is 16.6. The van der Waals surface area contributed by atoms with E-state index in [-0.39, 0.29) is 0 Å². The van der Waals surface area contributed by atoms with E-state index in [1.165, 1.54) is 5.39 Å². The Hall–Kier alpha value is -2.23. The minimum atomic E-state index is -0.466. The number of benzene rings is 1. The zero-order valence-electron chi connectivity index (χ0n) is 12.1. The first-order valence-electron chi connectivity index (χ1n) is 6.64. The van der Waals surface area contributed by atoms with E-state index < -0.39 is 11.7 Å². The van der Waals surface area contributed by atoms with Crippen molar-refractivity contribution in [1.82, 2.24) is 10.3 Å². The van der Waals surface area contributed by atoms with Crippen molar-refractivity contribution in [3.8, 4) is 0 Å². The number of aromatic amines is 1. The van der Waals surface area contributed by atoms with Gasteiger partial charge in [0.2, 0.25) is 0 Å². The predicted octanol–water partition coefficient (Wildman–Crippen LogP) is 3.71. The van der Waals surface area contributed by atoms with Crippen LogP contribution in [0.15, 0.2) is 36.5 Å². The van der Waals surface area contributed by atoms with Crippen LogP contribution in [0.3, 0.4) is 0 Å². The SMILES string of the molecule is CC(C)(C)OC(=O)NCC=Cc1ccc2cc[nH]c2c1. The van der Waals surface area contributed by atoms with Crippen LogP contribution in [0.2, 0.25) is 0 Å². The molecule has 1 heterocycles. The van der Waals surface area contributed by atoms with E-state index in [0.717, 1.165) is 11.1 Å². The number of H-pyrrole nitrogens is 1. The smallest absolute Gasteiger partial charge is 0.407 e. The van der Waals surface area contributed by atoms with E-state index in [0.29, 0.717) is 6.54 Å². The molecule has 2 N–H and O–H groups in total. The van der Waals surface area contributed by atoms with Crippen LogP contribution < -0.4 is 5.32 Å². The molecule has 1 amide bonds. The lowest BCUT2D eigenvalue weighted by Gasteiger charge is -2.19. The van der Waals surface area contributed by atoms with E-state index in [9.17, 15) is 4.79 Å². The summed E-state index contributed by atoms with van der Waals surface area (Å²) in [5.74, 6) is 0. The lowest BCUT2D eigenvalue weighted by Crippen LogP contribution is -2.32. The van der Waals surface area contributed by atoms with E-state index in [1.807, 2.05) is 51.3 Å². The summed E-state index contributed by atoms with van der Waals surface area (Å²) in [7, 11) is 0. The molecule has 0 aliphatic heterocycles. The van der Waals surface area contributed by atoms with Gasteiger partial charge in [-0.05, 0) is 43.9 Å². The number of hydrogen-bond acceptors (Lipinski definition) is 2. The van der Waals surface area contributed by atoms with Gasteiger partial charge in [-0.1, -0.05) is 24.3 Å². The Morgan fingerprint density at radius 2 is 2.15 bits per heavy atom. The molecular weight excluding hydrogens is 252 g/mol. The van der Waals surface area contributed by atoms with Gasteiger partial charge in [-0.15, -0.1) is 0 Å². The molecule has 0 unspecified atom stereocenters. The number of ether oxygens (including phenoxy) is 1. The number of hydrogen-bond donors (Lipinski definition) is 2. The molecule has 0 radical (unpaired) electrons. The number of aromatic nitrogens is 1. The van der Waals surface area contributed by atoms with Crippen molar-refractivity contribution in [2.75, 3.05) is 6.54 Å². The summed E-state index contributed by atoms with van der Waals surface area (Å²) in [4.78, 5) is 14.6. The molecule has 0 atom stereocenters. The predicted molar refractivity (Wildman–Crippen MR) is 81.6 cm³/mol. The number of nitrogens with one attached hydrogen (secondary N) is 2. The van der Waals surface area contributed by atoms with Crippen LogP contribution in [0.25, 0.3) is 17.0 Å². The maximum absolute atomic E-state index is 11.4. The Bertz CT molecular complexity index is 621. The van der Waals surface area contributed by atoms with Gasteiger partial charge in [0.1, 0.15) is 5.60 Å². The van der Waals surface area contributed by atoms with Crippen molar-refractivity contribution >= 4 is 23.1 Å². The minimum Gasteiger partial charge on any atom is -0.444 e. The number of carbonyl (C=O) groups is 1. The van der Waals surface area contributed by atoms with Gasteiger partial charge in [0.15, 0.2) is 0 Å². The second-order valence-electron chi connectivity index (χ2n) is 5.61. The first-order valence-corrected chi connectivity index (χ1v) is 6.64. The van der Waals surface area contributed by atoms with Crippen LogP contribution in [0.1, 0.15) is 26.3 Å². The largest absolute Gasteiger partial charge is 0.444 e. The van der Waals surface area contributed by atoms with E-state index >= 15 is 0 Å². The molecule has 0 aliphatic carbocycles. The summed E-state index contributed by atoms with van der Waals surface area (Å²) >= 11 is 0. The van der Waals surface area contributed by atoms with Gasteiger partial charge in [0.05, 0.1) is 0 Å². The number of carbonyl (C=O) groups excluding carboxylic acids is 1. The van der Waals surface area contributed by atoms with Gasteiger partial charge in [0.25, 0.3) is 0 Å². The average molecular weight is 272 g/mol.